The summed E-state index contributed by atoms with van der Waals surface area (Å²) in [5.74, 6) is 0.757. The molecule has 0 saturated heterocycles. The van der Waals surface area contributed by atoms with Gasteiger partial charge in [-0.2, -0.15) is 5.26 Å². The monoisotopic (exact) mass is 252 g/mol. The van der Waals surface area contributed by atoms with E-state index in [1.165, 1.54) is 0 Å². The number of nitriles is 1. The van der Waals surface area contributed by atoms with Crippen LogP contribution in [0.5, 0.6) is 5.75 Å². The molecule has 3 heteroatoms. The number of rotatable bonds is 3. The molecular formula is C16H16N2O. The van der Waals surface area contributed by atoms with Crippen molar-refractivity contribution in [2.75, 3.05) is 7.11 Å². The van der Waals surface area contributed by atoms with Gasteiger partial charge >= 0.3 is 0 Å². The van der Waals surface area contributed by atoms with Crippen molar-refractivity contribution >= 4 is 0 Å². The molecule has 0 amide bonds. The maximum Gasteiger partial charge on any atom is 0.126 e. The van der Waals surface area contributed by atoms with Gasteiger partial charge in [0.05, 0.1) is 18.7 Å². The predicted octanol–water partition coefficient (Wildman–Crippen LogP) is 3.25. The Labute approximate surface area is 113 Å². The Balaban J connectivity index is 2.48. The minimum absolute atomic E-state index is 0.0152. The third-order valence-electron chi connectivity index (χ3n) is 3.08. The molecule has 3 nitrogen and oxygen atoms in total. The van der Waals surface area contributed by atoms with Crippen LogP contribution >= 0.6 is 0 Å². The van der Waals surface area contributed by atoms with E-state index < -0.39 is 0 Å². The molecule has 0 saturated carbocycles. The Morgan fingerprint density at radius 2 is 1.84 bits per heavy atom. The molecule has 1 unspecified atom stereocenters. The van der Waals surface area contributed by atoms with Crippen molar-refractivity contribution in [1.82, 2.24) is 0 Å². The highest BCUT2D eigenvalue weighted by molar-refractivity contribution is 5.72. The van der Waals surface area contributed by atoms with Gasteiger partial charge in [-0.05, 0) is 36.2 Å². The van der Waals surface area contributed by atoms with Crippen LogP contribution in [0.4, 0.5) is 0 Å². The molecule has 19 heavy (non-hydrogen) atoms. The summed E-state index contributed by atoms with van der Waals surface area (Å²) in [6, 6.07) is 15.5. The lowest BCUT2D eigenvalue weighted by atomic mass is 9.99. The number of nitrogens with zero attached hydrogens (tertiary/aromatic N) is 1. The summed E-state index contributed by atoms with van der Waals surface area (Å²) in [7, 11) is 1.63. The standard InChI is InChI=1S/C16H16N2O/c1-11(18)13-4-6-14(7-5-13)15-9-12(10-17)3-8-16(15)19-2/h3-9,11H,18H2,1-2H3. The number of benzene rings is 2. The molecule has 0 spiro atoms. The zero-order valence-corrected chi connectivity index (χ0v) is 11.1. The van der Waals surface area contributed by atoms with Crippen molar-refractivity contribution in [2.24, 2.45) is 5.73 Å². The smallest absolute Gasteiger partial charge is 0.126 e. The van der Waals surface area contributed by atoms with Gasteiger partial charge in [-0.1, -0.05) is 24.3 Å². The Kier molecular flexibility index (Phi) is 3.84. The number of hydrogen-bond donors (Lipinski definition) is 1. The Bertz CT molecular complexity index is 610. The van der Waals surface area contributed by atoms with Crippen LogP contribution in [-0.4, -0.2) is 7.11 Å². The van der Waals surface area contributed by atoms with Crippen LogP contribution in [-0.2, 0) is 0 Å². The fourth-order valence-electron chi connectivity index (χ4n) is 1.97. The van der Waals surface area contributed by atoms with Crippen molar-refractivity contribution in [3.8, 4) is 22.9 Å². The zero-order chi connectivity index (χ0) is 13.8. The van der Waals surface area contributed by atoms with Crippen molar-refractivity contribution in [3.05, 3.63) is 53.6 Å². The molecule has 0 bridgehead atoms. The Morgan fingerprint density at radius 3 is 2.37 bits per heavy atom. The maximum atomic E-state index is 8.98. The lowest BCUT2D eigenvalue weighted by molar-refractivity contribution is 0.416. The van der Waals surface area contributed by atoms with Crippen LogP contribution in [0.25, 0.3) is 11.1 Å². The first-order valence-corrected chi connectivity index (χ1v) is 6.09. The fourth-order valence-corrected chi connectivity index (χ4v) is 1.97. The molecule has 0 aromatic heterocycles. The van der Waals surface area contributed by atoms with Gasteiger partial charge in [-0.3, -0.25) is 0 Å². The lowest BCUT2D eigenvalue weighted by Gasteiger charge is -2.11. The molecule has 1 atom stereocenters. The van der Waals surface area contributed by atoms with Crippen molar-refractivity contribution in [3.63, 3.8) is 0 Å². The first kappa shape index (κ1) is 13.1. The van der Waals surface area contributed by atoms with Gasteiger partial charge < -0.3 is 10.5 Å². The third-order valence-corrected chi connectivity index (χ3v) is 3.08. The second kappa shape index (κ2) is 5.55. The summed E-state index contributed by atoms with van der Waals surface area (Å²) in [6.07, 6.45) is 0. The molecule has 0 radical (unpaired) electrons. The fraction of sp³-hybridized carbons (Fsp3) is 0.188. The molecule has 0 aliphatic heterocycles. The minimum Gasteiger partial charge on any atom is -0.496 e. The predicted molar refractivity (Wildman–Crippen MR) is 75.7 cm³/mol. The quantitative estimate of drug-likeness (QED) is 0.912. The van der Waals surface area contributed by atoms with E-state index in [-0.39, 0.29) is 6.04 Å². The highest BCUT2D eigenvalue weighted by Crippen LogP contribution is 2.31. The van der Waals surface area contributed by atoms with E-state index in [0.717, 1.165) is 22.4 Å². The van der Waals surface area contributed by atoms with E-state index in [2.05, 4.69) is 6.07 Å². The molecule has 96 valence electrons. The minimum atomic E-state index is 0.0152. The third kappa shape index (κ3) is 2.75. The number of ether oxygens (including phenoxy) is 1. The maximum absolute atomic E-state index is 8.98. The summed E-state index contributed by atoms with van der Waals surface area (Å²) in [6.45, 7) is 1.95. The number of methoxy groups -OCH3 is 1. The summed E-state index contributed by atoms with van der Waals surface area (Å²) >= 11 is 0. The van der Waals surface area contributed by atoms with E-state index in [4.69, 9.17) is 15.7 Å². The van der Waals surface area contributed by atoms with Gasteiger partial charge in [0.15, 0.2) is 0 Å². The zero-order valence-electron chi connectivity index (χ0n) is 11.1. The molecule has 2 aromatic carbocycles. The first-order valence-electron chi connectivity index (χ1n) is 6.09. The average molecular weight is 252 g/mol. The lowest BCUT2D eigenvalue weighted by Crippen LogP contribution is -2.04. The van der Waals surface area contributed by atoms with E-state index >= 15 is 0 Å². The van der Waals surface area contributed by atoms with Crippen LogP contribution in [0, 0.1) is 11.3 Å². The van der Waals surface area contributed by atoms with E-state index in [1.54, 1.807) is 13.2 Å². The van der Waals surface area contributed by atoms with Crippen LogP contribution in [0.3, 0.4) is 0 Å². The largest absolute Gasteiger partial charge is 0.496 e. The van der Waals surface area contributed by atoms with Gasteiger partial charge in [0.25, 0.3) is 0 Å². The van der Waals surface area contributed by atoms with Crippen molar-refractivity contribution in [1.29, 1.82) is 5.26 Å². The average Bonchev–Trinajstić information content (AvgIpc) is 2.46. The summed E-state index contributed by atoms with van der Waals surface area (Å²) in [5.41, 5.74) is 9.46. The van der Waals surface area contributed by atoms with Gasteiger partial charge in [-0.25, -0.2) is 0 Å². The van der Waals surface area contributed by atoms with Gasteiger partial charge in [-0.15, -0.1) is 0 Å². The van der Waals surface area contributed by atoms with E-state index in [1.807, 2.05) is 43.3 Å². The molecular weight excluding hydrogens is 236 g/mol. The van der Waals surface area contributed by atoms with Crippen molar-refractivity contribution < 1.29 is 4.74 Å². The molecule has 2 rings (SSSR count). The number of hydrogen-bond acceptors (Lipinski definition) is 3. The second-order valence-electron chi connectivity index (χ2n) is 4.44. The molecule has 2 N–H and O–H groups in total. The molecule has 0 fully saturated rings. The first-order chi connectivity index (χ1) is 9.15. The molecule has 0 aliphatic rings. The number of nitrogens with two attached hydrogens (primary N) is 1. The normalized spacial score (nSPS) is 11.7. The summed E-state index contributed by atoms with van der Waals surface area (Å²) in [5, 5.41) is 8.98. The van der Waals surface area contributed by atoms with E-state index in [9.17, 15) is 0 Å². The molecule has 0 aliphatic carbocycles. The van der Waals surface area contributed by atoms with Crippen molar-refractivity contribution in [2.45, 2.75) is 13.0 Å². The Morgan fingerprint density at radius 1 is 1.16 bits per heavy atom. The SMILES string of the molecule is COc1ccc(C#N)cc1-c1ccc(C(C)N)cc1. The van der Waals surface area contributed by atoms with E-state index in [0.29, 0.717) is 5.56 Å². The summed E-state index contributed by atoms with van der Waals surface area (Å²) in [4.78, 5) is 0. The van der Waals surface area contributed by atoms with Crippen LogP contribution in [0.1, 0.15) is 24.1 Å². The molecule has 2 aromatic rings. The van der Waals surface area contributed by atoms with Gasteiger partial charge in [0.2, 0.25) is 0 Å². The highest BCUT2D eigenvalue weighted by Gasteiger charge is 2.08. The highest BCUT2D eigenvalue weighted by atomic mass is 16.5. The van der Waals surface area contributed by atoms with Gasteiger partial charge in [0.1, 0.15) is 5.75 Å². The van der Waals surface area contributed by atoms with Crippen LogP contribution in [0.2, 0.25) is 0 Å². The summed E-state index contributed by atoms with van der Waals surface area (Å²) < 4.78 is 5.34. The van der Waals surface area contributed by atoms with Crippen LogP contribution in [0.15, 0.2) is 42.5 Å². The topological polar surface area (TPSA) is 59.0 Å². The second-order valence-corrected chi connectivity index (χ2v) is 4.44. The molecule has 0 heterocycles. The van der Waals surface area contributed by atoms with Crippen LogP contribution < -0.4 is 10.5 Å². The Hall–Kier alpha value is -2.31. The van der Waals surface area contributed by atoms with Gasteiger partial charge in [0, 0.05) is 11.6 Å².